The quantitative estimate of drug-likeness (QED) is 0.637. The summed E-state index contributed by atoms with van der Waals surface area (Å²) in [6.07, 6.45) is 0.899. The van der Waals surface area contributed by atoms with Gasteiger partial charge in [-0.15, -0.1) is 0 Å². The van der Waals surface area contributed by atoms with Crippen LogP contribution in [-0.4, -0.2) is 34.5 Å². The first kappa shape index (κ1) is 10.2. The lowest BCUT2D eigenvalue weighted by molar-refractivity contribution is -0.143. The van der Waals surface area contributed by atoms with Crippen molar-refractivity contribution >= 4 is 11.8 Å². The molecule has 1 N–H and O–H groups in total. The standard InChI is InChI=1S/C9H15NO3/c1-3-7(5-11)10-8(12)4-6(2)9(10)13/h6-7,11H,3-5H2,1-2H3/t6?,7-/m1/s1. The van der Waals surface area contributed by atoms with Crippen LogP contribution in [0.1, 0.15) is 26.7 Å². The van der Waals surface area contributed by atoms with Gasteiger partial charge in [0.15, 0.2) is 0 Å². The minimum absolute atomic E-state index is 0.138. The molecule has 1 aliphatic heterocycles. The summed E-state index contributed by atoms with van der Waals surface area (Å²) in [5, 5.41) is 8.96. The molecule has 0 radical (unpaired) electrons. The van der Waals surface area contributed by atoms with Gasteiger partial charge in [-0.2, -0.15) is 0 Å². The molecule has 1 saturated heterocycles. The van der Waals surface area contributed by atoms with Crippen molar-refractivity contribution in [3.05, 3.63) is 0 Å². The molecule has 0 spiro atoms. The molecule has 4 heteroatoms. The Kier molecular flexibility index (Phi) is 3.03. The Morgan fingerprint density at radius 1 is 1.62 bits per heavy atom. The molecular weight excluding hydrogens is 170 g/mol. The molecule has 0 aliphatic carbocycles. The Morgan fingerprint density at radius 3 is 2.54 bits per heavy atom. The number of aliphatic hydroxyl groups is 1. The van der Waals surface area contributed by atoms with Crippen LogP contribution in [0.3, 0.4) is 0 Å². The van der Waals surface area contributed by atoms with Gasteiger partial charge in [-0.25, -0.2) is 0 Å². The van der Waals surface area contributed by atoms with Crippen molar-refractivity contribution in [1.82, 2.24) is 4.90 Å². The van der Waals surface area contributed by atoms with Gasteiger partial charge in [0.25, 0.3) is 0 Å². The van der Waals surface area contributed by atoms with E-state index in [1.54, 1.807) is 6.92 Å². The summed E-state index contributed by atoms with van der Waals surface area (Å²) in [5.41, 5.74) is 0. The van der Waals surface area contributed by atoms with Crippen LogP contribution in [0.2, 0.25) is 0 Å². The minimum atomic E-state index is -0.329. The van der Waals surface area contributed by atoms with Crippen LogP contribution >= 0.6 is 0 Å². The number of imide groups is 1. The zero-order valence-corrected chi connectivity index (χ0v) is 7.99. The summed E-state index contributed by atoms with van der Waals surface area (Å²) in [6.45, 7) is 3.45. The van der Waals surface area contributed by atoms with E-state index in [0.29, 0.717) is 6.42 Å². The van der Waals surface area contributed by atoms with Crippen molar-refractivity contribution in [2.75, 3.05) is 6.61 Å². The maximum Gasteiger partial charge on any atom is 0.232 e. The number of carbonyl (C=O) groups excluding carboxylic acids is 2. The molecule has 0 aromatic rings. The number of hydrogen-bond acceptors (Lipinski definition) is 3. The third-order valence-corrected chi connectivity index (χ3v) is 2.46. The number of amides is 2. The number of aliphatic hydroxyl groups excluding tert-OH is 1. The van der Waals surface area contributed by atoms with E-state index in [-0.39, 0.29) is 36.8 Å². The lowest BCUT2D eigenvalue weighted by atomic mass is 10.1. The fraction of sp³-hybridized carbons (Fsp3) is 0.778. The molecule has 4 nitrogen and oxygen atoms in total. The van der Waals surface area contributed by atoms with Gasteiger partial charge in [0.05, 0.1) is 12.6 Å². The Hall–Kier alpha value is -0.900. The second-order valence-electron chi connectivity index (χ2n) is 3.45. The average molecular weight is 185 g/mol. The Balaban J connectivity index is 2.78. The van der Waals surface area contributed by atoms with Crippen LogP contribution in [0, 0.1) is 5.92 Å². The van der Waals surface area contributed by atoms with E-state index in [9.17, 15) is 9.59 Å². The van der Waals surface area contributed by atoms with Crippen molar-refractivity contribution in [2.24, 2.45) is 5.92 Å². The Labute approximate surface area is 77.5 Å². The maximum absolute atomic E-state index is 11.5. The summed E-state index contributed by atoms with van der Waals surface area (Å²) in [6, 6.07) is -0.329. The highest BCUT2D eigenvalue weighted by Gasteiger charge is 2.38. The van der Waals surface area contributed by atoms with E-state index in [1.807, 2.05) is 6.92 Å². The highest BCUT2D eigenvalue weighted by molar-refractivity contribution is 6.03. The van der Waals surface area contributed by atoms with Crippen molar-refractivity contribution in [2.45, 2.75) is 32.7 Å². The molecule has 0 aromatic carbocycles. The predicted molar refractivity (Wildman–Crippen MR) is 46.8 cm³/mol. The number of rotatable bonds is 3. The van der Waals surface area contributed by atoms with E-state index in [1.165, 1.54) is 4.90 Å². The highest BCUT2D eigenvalue weighted by Crippen LogP contribution is 2.22. The van der Waals surface area contributed by atoms with Gasteiger partial charge < -0.3 is 5.11 Å². The van der Waals surface area contributed by atoms with Gasteiger partial charge in [-0.3, -0.25) is 14.5 Å². The molecule has 0 bridgehead atoms. The van der Waals surface area contributed by atoms with Crippen LogP contribution in [-0.2, 0) is 9.59 Å². The van der Waals surface area contributed by atoms with Gasteiger partial charge in [0, 0.05) is 12.3 Å². The molecule has 0 aromatic heterocycles. The molecule has 2 atom stereocenters. The molecular formula is C9H15NO3. The first-order valence-corrected chi connectivity index (χ1v) is 4.58. The first-order valence-electron chi connectivity index (χ1n) is 4.58. The normalized spacial score (nSPS) is 25.5. The van der Waals surface area contributed by atoms with Gasteiger partial charge in [-0.1, -0.05) is 13.8 Å². The monoisotopic (exact) mass is 185 g/mol. The summed E-state index contributed by atoms with van der Waals surface area (Å²) in [5.74, 6) is -0.516. The topological polar surface area (TPSA) is 57.6 Å². The Morgan fingerprint density at radius 2 is 2.23 bits per heavy atom. The van der Waals surface area contributed by atoms with Crippen molar-refractivity contribution < 1.29 is 14.7 Å². The zero-order chi connectivity index (χ0) is 10.0. The summed E-state index contributed by atoms with van der Waals surface area (Å²) < 4.78 is 0. The lowest BCUT2D eigenvalue weighted by Crippen LogP contribution is -2.41. The van der Waals surface area contributed by atoms with E-state index in [0.717, 1.165) is 0 Å². The molecule has 2 amide bonds. The van der Waals surface area contributed by atoms with E-state index < -0.39 is 0 Å². The third-order valence-electron chi connectivity index (χ3n) is 2.46. The Bertz CT molecular complexity index is 223. The fourth-order valence-electron chi connectivity index (χ4n) is 1.58. The predicted octanol–water partition coefficient (Wildman–Crippen LogP) is 0.152. The lowest BCUT2D eigenvalue weighted by Gasteiger charge is -2.23. The number of carbonyl (C=O) groups is 2. The van der Waals surface area contributed by atoms with Crippen LogP contribution in [0.15, 0.2) is 0 Å². The minimum Gasteiger partial charge on any atom is -0.394 e. The molecule has 0 saturated carbocycles. The molecule has 1 rings (SSSR count). The van der Waals surface area contributed by atoms with Gasteiger partial charge in [-0.05, 0) is 6.42 Å². The van der Waals surface area contributed by atoms with Crippen LogP contribution in [0.25, 0.3) is 0 Å². The smallest absolute Gasteiger partial charge is 0.232 e. The van der Waals surface area contributed by atoms with E-state index in [2.05, 4.69) is 0 Å². The second-order valence-corrected chi connectivity index (χ2v) is 3.45. The molecule has 1 fully saturated rings. The van der Waals surface area contributed by atoms with Gasteiger partial charge in [0.2, 0.25) is 11.8 Å². The third kappa shape index (κ3) is 1.72. The number of nitrogens with zero attached hydrogens (tertiary/aromatic N) is 1. The summed E-state index contributed by atoms with van der Waals surface area (Å²) in [4.78, 5) is 24.0. The van der Waals surface area contributed by atoms with Gasteiger partial charge >= 0.3 is 0 Å². The fourth-order valence-corrected chi connectivity index (χ4v) is 1.58. The largest absolute Gasteiger partial charge is 0.394 e. The summed E-state index contributed by atoms with van der Waals surface area (Å²) >= 11 is 0. The van der Waals surface area contributed by atoms with E-state index in [4.69, 9.17) is 5.11 Å². The van der Waals surface area contributed by atoms with Crippen molar-refractivity contribution in [3.8, 4) is 0 Å². The molecule has 1 aliphatic rings. The molecule has 74 valence electrons. The van der Waals surface area contributed by atoms with E-state index >= 15 is 0 Å². The first-order chi connectivity index (χ1) is 6.11. The summed E-state index contributed by atoms with van der Waals surface area (Å²) in [7, 11) is 0. The van der Waals surface area contributed by atoms with Crippen LogP contribution in [0.4, 0.5) is 0 Å². The second kappa shape index (κ2) is 3.87. The number of likely N-dealkylation sites (tertiary alicyclic amines) is 1. The van der Waals surface area contributed by atoms with Crippen LogP contribution in [0.5, 0.6) is 0 Å². The van der Waals surface area contributed by atoms with Crippen LogP contribution < -0.4 is 0 Å². The maximum atomic E-state index is 11.5. The molecule has 13 heavy (non-hydrogen) atoms. The number of hydrogen-bond donors (Lipinski definition) is 1. The highest BCUT2D eigenvalue weighted by atomic mass is 16.3. The van der Waals surface area contributed by atoms with Gasteiger partial charge in [0.1, 0.15) is 0 Å². The van der Waals surface area contributed by atoms with Crippen molar-refractivity contribution in [1.29, 1.82) is 0 Å². The zero-order valence-electron chi connectivity index (χ0n) is 7.99. The SMILES string of the molecule is CC[C@H](CO)N1C(=O)CC(C)C1=O. The average Bonchev–Trinajstić information content (AvgIpc) is 2.34. The molecule has 1 unspecified atom stereocenters. The van der Waals surface area contributed by atoms with Crippen molar-refractivity contribution in [3.63, 3.8) is 0 Å². The molecule has 1 heterocycles.